The van der Waals surface area contributed by atoms with Crippen molar-refractivity contribution < 1.29 is 0 Å². The van der Waals surface area contributed by atoms with Gasteiger partial charge in [-0.15, -0.1) is 0 Å². The summed E-state index contributed by atoms with van der Waals surface area (Å²) in [5.41, 5.74) is 5.35. The molecule has 0 fully saturated rings. The third kappa shape index (κ3) is 7.37. The molecule has 0 bridgehead atoms. The van der Waals surface area contributed by atoms with Crippen molar-refractivity contribution in [1.29, 1.82) is 5.41 Å². The predicted octanol–water partition coefficient (Wildman–Crippen LogP) is 2.60. The first-order valence-electron chi connectivity index (χ1n) is 6.18. The van der Waals surface area contributed by atoms with Crippen molar-refractivity contribution in [3.8, 4) is 0 Å². The van der Waals surface area contributed by atoms with Crippen molar-refractivity contribution in [3.05, 3.63) is 0 Å². The van der Waals surface area contributed by atoms with Gasteiger partial charge in [-0.3, -0.25) is 5.41 Å². The van der Waals surface area contributed by atoms with Crippen LogP contribution in [0.4, 0.5) is 0 Å². The minimum atomic E-state index is 0.314. The van der Waals surface area contributed by atoms with E-state index in [0.717, 1.165) is 19.4 Å². The molecule has 1 unspecified atom stereocenters. The van der Waals surface area contributed by atoms with Gasteiger partial charge in [0.2, 0.25) is 0 Å². The lowest BCUT2D eigenvalue weighted by Gasteiger charge is -2.28. The van der Waals surface area contributed by atoms with Crippen LogP contribution in [0.3, 0.4) is 0 Å². The normalized spacial score (nSPS) is 13.1. The monoisotopic (exact) mass is 213 g/mol. The second-order valence-electron chi connectivity index (χ2n) is 4.28. The van der Waals surface area contributed by atoms with Crippen LogP contribution in [-0.4, -0.2) is 29.9 Å². The molecule has 0 heterocycles. The summed E-state index contributed by atoms with van der Waals surface area (Å²) in [5.74, 6) is 0.314. The Morgan fingerprint density at radius 3 is 2.33 bits per heavy atom. The molecule has 0 radical (unpaired) electrons. The third-order valence-corrected chi connectivity index (χ3v) is 2.90. The molecule has 0 aromatic carbocycles. The first kappa shape index (κ1) is 14.4. The summed E-state index contributed by atoms with van der Waals surface area (Å²) < 4.78 is 0. The molecule has 3 heteroatoms. The first-order valence-corrected chi connectivity index (χ1v) is 6.18. The summed E-state index contributed by atoms with van der Waals surface area (Å²) in [6.45, 7) is 9.00. The van der Waals surface area contributed by atoms with Crippen molar-refractivity contribution in [2.24, 2.45) is 5.73 Å². The third-order valence-electron chi connectivity index (χ3n) is 2.90. The predicted molar refractivity (Wildman–Crippen MR) is 67.4 cm³/mol. The van der Waals surface area contributed by atoms with Gasteiger partial charge in [0.1, 0.15) is 0 Å². The molecule has 15 heavy (non-hydrogen) atoms. The number of hydrogen-bond donors (Lipinski definition) is 2. The Balaban J connectivity index is 3.84. The van der Waals surface area contributed by atoms with Gasteiger partial charge >= 0.3 is 0 Å². The van der Waals surface area contributed by atoms with Gasteiger partial charge in [0.15, 0.2) is 0 Å². The van der Waals surface area contributed by atoms with E-state index < -0.39 is 0 Å². The molecule has 0 saturated carbocycles. The Hall–Kier alpha value is -0.570. The van der Waals surface area contributed by atoms with E-state index in [9.17, 15) is 0 Å². The van der Waals surface area contributed by atoms with Gasteiger partial charge < -0.3 is 10.6 Å². The Morgan fingerprint density at radius 1 is 1.27 bits per heavy atom. The Bertz CT molecular complexity index is 168. The van der Waals surface area contributed by atoms with E-state index in [1.165, 1.54) is 25.8 Å². The molecule has 0 amide bonds. The molecule has 3 nitrogen and oxygen atoms in total. The summed E-state index contributed by atoms with van der Waals surface area (Å²) in [7, 11) is 0. The van der Waals surface area contributed by atoms with Gasteiger partial charge in [-0.1, -0.05) is 20.3 Å². The van der Waals surface area contributed by atoms with Crippen molar-refractivity contribution in [2.75, 3.05) is 13.1 Å². The molecule has 3 N–H and O–H groups in total. The van der Waals surface area contributed by atoms with Crippen LogP contribution in [0.25, 0.3) is 0 Å². The molecule has 1 atom stereocenters. The van der Waals surface area contributed by atoms with E-state index >= 15 is 0 Å². The van der Waals surface area contributed by atoms with Crippen molar-refractivity contribution in [3.63, 3.8) is 0 Å². The fraction of sp³-hybridized carbons (Fsp3) is 0.917. The second-order valence-corrected chi connectivity index (χ2v) is 4.28. The minimum absolute atomic E-state index is 0.314. The molecule has 0 spiro atoms. The molecule has 0 aliphatic carbocycles. The zero-order chi connectivity index (χ0) is 11.7. The summed E-state index contributed by atoms with van der Waals surface area (Å²) in [4.78, 5) is 2.52. The van der Waals surface area contributed by atoms with Crippen LogP contribution >= 0.6 is 0 Å². The Labute approximate surface area is 94.5 Å². The van der Waals surface area contributed by atoms with Crippen LogP contribution in [0.2, 0.25) is 0 Å². The first-order chi connectivity index (χ1) is 7.11. The number of unbranched alkanes of at least 4 members (excludes halogenated alkanes) is 1. The van der Waals surface area contributed by atoms with Gasteiger partial charge in [0.25, 0.3) is 0 Å². The summed E-state index contributed by atoms with van der Waals surface area (Å²) in [6, 6.07) is 0.656. The van der Waals surface area contributed by atoms with Crippen molar-refractivity contribution in [1.82, 2.24) is 4.90 Å². The average Bonchev–Trinajstić information content (AvgIpc) is 2.21. The number of nitrogens with two attached hydrogens (primary N) is 1. The maximum atomic E-state index is 7.19. The highest BCUT2D eigenvalue weighted by molar-refractivity contribution is 5.76. The van der Waals surface area contributed by atoms with Crippen molar-refractivity contribution in [2.45, 2.75) is 58.9 Å². The molecule has 0 aliphatic heterocycles. The number of rotatable bonds is 9. The fourth-order valence-corrected chi connectivity index (χ4v) is 1.64. The second kappa shape index (κ2) is 8.72. The lowest BCUT2D eigenvalue weighted by Crippen LogP contribution is -2.34. The molecule has 0 aromatic heterocycles. The molecule has 0 rings (SSSR count). The van der Waals surface area contributed by atoms with Crippen LogP contribution in [0, 0.1) is 5.41 Å². The molecule has 0 aliphatic rings. The highest BCUT2D eigenvalue weighted by Gasteiger charge is 2.10. The zero-order valence-electron chi connectivity index (χ0n) is 10.6. The minimum Gasteiger partial charge on any atom is -0.388 e. The van der Waals surface area contributed by atoms with E-state index in [1.807, 2.05) is 0 Å². The summed E-state index contributed by atoms with van der Waals surface area (Å²) in [5, 5.41) is 7.19. The topological polar surface area (TPSA) is 53.1 Å². The number of nitrogens with one attached hydrogen (secondary N) is 1. The van der Waals surface area contributed by atoms with Gasteiger partial charge in [-0.2, -0.15) is 0 Å². The van der Waals surface area contributed by atoms with Gasteiger partial charge in [0.05, 0.1) is 5.84 Å². The maximum Gasteiger partial charge on any atom is 0.0905 e. The lowest BCUT2D eigenvalue weighted by molar-refractivity contribution is 0.199. The number of nitrogens with zero attached hydrogens (tertiary/aromatic N) is 1. The molecule has 90 valence electrons. The highest BCUT2D eigenvalue weighted by atomic mass is 15.1. The maximum absolute atomic E-state index is 7.19. The van der Waals surface area contributed by atoms with Gasteiger partial charge in [-0.05, 0) is 39.3 Å². The SMILES string of the molecule is CCCCN(CCCC(=N)N)C(C)CC. The molecule has 0 aromatic rings. The number of amidine groups is 1. The molecule has 0 saturated heterocycles. The van der Waals surface area contributed by atoms with E-state index in [-0.39, 0.29) is 0 Å². The van der Waals surface area contributed by atoms with Gasteiger partial charge in [-0.25, -0.2) is 0 Å². The highest BCUT2D eigenvalue weighted by Crippen LogP contribution is 2.07. The average molecular weight is 213 g/mol. The van der Waals surface area contributed by atoms with E-state index in [0.29, 0.717) is 11.9 Å². The summed E-state index contributed by atoms with van der Waals surface area (Å²) >= 11 is 0. The molecular weight excluding hydrogens is 186 g/mol. The van der Waals surface area contributed by atoms with Crippen LogP contribution in [-0.2, 0) is 0 Å². The quantitative estimate of drug-likeness (QED) is 0.457. The standard InChI is InChI=1S/C12H27N3/c1-4-6-9-15(11(3)5-2)10-7-8-12(13)14/h11H,4-10H2,1-3H3,(H3,13,14). The lowest BCUT2D eigenvalue weighted by atomic mass is 10.1. The van der Waals surface area contributed by atoms with Crippen LogP contribution in [0.1, 0.15) is 52.9 Å². The van der Waals surface area contributed by atoms with Crippen LogP contribution < -0.4 is 5.73 Å². The van der Waals surface area contributed by atoms with Crippen molar-refractivity contribution >= 4 is 5.84 Å². The van der Waals surface area contributed by atoms with Crippen LogP contribution in [0.5, 0.6) is 0 Å². The van der Waals surface area contributed by atoms with E-state index in [1.54, 1.807) is 0 Å². The molecular formula is C12H27N3. The Morgan fingerprint density at radius 2 is 1.87 bits per heavy atom. The zero-order valence-corrected chi connectivity index (χ0v) is 10.6. The van der Waals surface area contributed by atoms with Gasteiger partial charge in [0, 0.05) is 12.5 Å². The Kier molecular flexibility index (Phi) is 8.38. The number of hydrogen-bond acceptors (Lipinski definition) is 2. The smallest absolute Gasteiger partial charge is 0.0905 e. The van der Waals surface area contributed by atoms with E-state index in [4.69, 9.17) is 11.1 Å². The summed E-state index contributed by atoms with van der Waals surface area (Å²) in [6.07, 6.45) is 5.47. The largest absolute Gasteiger partial charge is 0.388 e. The fourth-order valence-electron chi connectivity index (χ4n) is 1.64. The van der Waals surface area contributed by atoms with E-state index in [2.05, 4.69) is 25.7 Å². The van der Waals surface area contributed by atoms with Crippen LogP contribution in [0.15, 0.2) is 0 Å².